The molecule has 10 nitrogen and oxygen atoms in total. The number of benzene rings is 1. The summed E-state index contributed by atoms with van der Waals surface area (Å²) in [5, 5.41) is 11.0. The van der Waals surface area contributed by atoms with Crippen LogP contribution in [0.25, 0.3) is 16.9 Å². The van der Waals surface area contributed by atoms with Gasteiger partial charge in [0.1, 0.15) is 12.1 Å². The van der Waals surface area contributed by atoms with Crippen LogP contribution in [0.5, 0.6) is 0 Å². The first-order valence-corrected chi connectivity index (χ1v) is 11.5. The predicted molar refractivity (Wildman–Crippen MR) is 116 cm³/mol. The number of alkyl halides is 3. The molecule has 3 N–H and O–H groups in total. The number of aromatic nitrogens is 4. The molecule has 0 aliphatic heterocycles. The zero-order valence-corrected chi connectivity index (χ0v) is 19.1. The molecular weight excluding hydrogens is 517 g/mol. The summed E-state index contributed by atoms with van der Waals surface area (Å²) in [6.45, 7) is -0.809. The van der Waals surface area contributed by atoms with Gasteiger partial charge >= 0.3 is 17.8 Å². The molecule has 3 aromatic rings. The molecule has 0 aliphatic rings. The van der Waals surface area contributed by atoms with E-state index in [9.17, 15) is 35.2 Å². The Morgan fingerprint density at radius 1 is 1.11 bits per heavy atom. The predicted octanol–water partition coefficient (Wildman–Crippen LogP) is 2.24. The van der Waals surface area contributed by atoms with Gasteiger partial charge in [-0.1, -0.05) is 12.1 Å². The number of nitrogens with two attached hydrogens (primary N) is 1. The third kappa shape index (κ3) is 7.29. The van der Waals surface area contributed by atoms with Gasteiger partial charge in [-0.15, -0.1) is 0 Å². The highest BCUT2D eigenvalue weighted by atomic mass is 32.2. The summed E-state index contributed by atoms with van der Waals surface area (Å²) < 4.78 is 82.5. The van der Waals surface area contributed by atoms with Gasteiger partial charge in [0.2, 0.25) is 0 Å². The molecule has 36 heavy (non-hydrogen) atoms. The molecule has 0 spiro atoms. The number of pyridine rings is 1. The molecule has 0 atom stereocenters. The second-order valence-electron chi connectivity index (χ2n) is 7.01. The van der Waals surface area contributed by atoms with Gasteiger partial charge in [0.05, 0.1) is 11.4 Å². The molecule has 16 heteroatoms. The molecule has 0 amide bonds. The van der Waals surface area contributed by atoms with Crippen molar-refractivity contribution < 1.29 is 40.3 Å². The lowest BCUT2D eigenvalue weighted by atomic mass is 10.1. The van der Waals surface area contributed by atoms with E-state index in [1.54, 1.807) is 24.3 Å². The Morgan fingerprint density at radius 2 is 1.69 bits per heavy atom. The third-order valence-corrected chi connectivity index (χ3v) is 5.57. The number of nitrogens with zero attached hydrogens (tertiary/aromatic N) is 4. The maximum atomic E-state index is 12.8. The van der Waals surface area contributed by atoms with E-state index in [2.05, 4.69) is 10.1 Å². The Hall–Kier alpha value is -3.92. The van der Waals surface area contributed by atoms with Gasteiger partial charge in [-0.2, -0.15) is 27.1 Å². The molecule has 0 saturated heterocycles. The van der Waals surface area contributed by atoms with Crippen LogP contribution >= 0.6 is 0 Å². The monoisotopic (exact) mass is 535 g/mol. The molecular formula is C20H18F5N5O5S. The zero-order valence-electron chi connectivity index (χ0n) is 18.3. The molecule has 194 valence electrons. The molecule has 0 unspecified atom stereocenters. The standard InChI is InChI=1S/C18H17F2N5O3S.C2HF3O2/c1-29(27,28)15-4-2-12(3-5-15)13-6-7-22-16(8-13)24-11-23-25(18(24)26)10-14(9-21)17(19)20;3-2(4,5)1(6)7/h2-8,11H,9-10,21H2,1H3;(H,6,7). The van der Waals surface area contributed by atoms with E-state index < -0.39 is 46.8 Å². The van der Waals surface area contributed by atoms with Crippen LogP contribution < -0.4 is 11.4 Å². The van der Waals surface area contributed by atoms with Crippen LogP contribution in [0.3, 0.4) is 0 Å². The Bertz CT molecular complexity index is 1430. The van der Waals surface area contributed by atoms with E-state index in [0.29, 0.717) is 11.1 Å². The maximum Gasteiger partial charge on any atom is 0.490 e. The average molecular weight is 535 g/mol. The van der Waals surface area contributed by atoms with Crippen molar-refractivity contribution in [2.75, 3.05) is 12.8 Å². The first-order chi connectivity index (χ1) is 16.6. The van der Waals surface area contributed by atoms with Crippen molar-refractivity contribution in [3.8, 4) is 16.9 Å². The fourth-order valence-corrected chi connectivity index (χ4v) is 3.24. The van der Waals surface area contributed by atoms with E-state index >= 15 is 0 Å². The molecule has 0 saturated carbocycles. The summed E-state index contributed by atoms with van der Waals surface area (Å²) in [7, 11) is -3.31. The minimum Gasteiger partial charge on any atom is -0.475 e. The molecule has 0 radical (unpaired) electrons. The molecule has 0 bridgehead atoms. The van der Waals surface area contributed by atoms with Crippen LogP contribution in [0.15, 0.2) is 70.3 Å². The fourth-order valence-electron chi connectivity index (χ4n) is 2.61. The fraction of sp³-hybridized carbons (Fsp3) is 0.200. The Labute approximate surface area is 200 Å². The lowest BCUT2D eigenvalue weighted by Gasteiger charge is -2.06. The molecule has 1 aromatic carbocycles. The number of carbonyl (C=O) groups is 1. The second-order valence-corrected chi connectivity index (χ2v) is 9.03. The van der Waals surface area contributed by atoms with E-state index in [4.69, 9.17) is 15.6 Å². The van der Waals surface area contributed by atoms with Crippen LogP contribution in [0, 0.1) is 0 Å². The summed E-state index contributed by atoms with van der Waals surface area (Å²) in [6.07, 6.45) is -3.24. The SMILES string of the molecule is CS(=O)(=O)c1ccc(-c2ccnc(-n3cnn(CC(CN)=C(F)F)c3=O)c2)cc1.O=C(O)C(F)(F)F. The van der Waals surface area contributed by atoms with Crippen molar-refractivity contribution in [2.24, 2.45) is 5.73 Å². The topological polar surface area (TPSA) is 150 Å². The average Bonchev–Trinajstić information content (AvgIpc) is 3.16. The summed E-state index contributed by atoms with van der Waals surface area (Å²) in [5.74, 6) is -2.52. The Kier molecular flexibility index (Phi) is 8.82. The van der Waals surface area contributed by atoms with Crippen LogP contribution in [-0.4, -0.2) is 57.8 Å². The number of carboxylic acids is 1. The lowest BCUT2D eigenvalue weighted by molar-refractivity contribution is -0.192. The first kappa shape index (κ1) is 28.3. The minimum absolute atomic E-state index is 0.192. The van der Waals surface area contributed by atoms with Crippen molar-refractivity contribution in [2.45, 2.75) is 17.6 Å². The van der Waals surface area contributed by atoms with Gasteiger partial charge in [-0.3, -0.25) is 0 Å². The molecule has 3 rings (SSSR count). The lowest BCUT2D eigenvalue weighted by Crippen LogP contribution is -2.26. The van der Waals surface area contributed by atoms with Gasteiger partial charge in [0, 0.05) is 24.6 Å². The van der Waals surface area contributed by atoms with E-state index in [1.807, 2.05) is 0 Å². The normalized spacial score (nSPS) is 11.4. The van der Waals surface area contributed by atoms with Gasteiger partial charge in [0.25, 0.3) is 6.08 Å². The Morgan fingerprint density at radius 3 is 2.17 bits per heavy atom. The largest absolute Gasteiger partial charge is 0.490 e. The molecule has 0 aliphatic carbocycles. The summed E-state index contributed by atoms with van der Waals surface area (Å²) in [5.41, 5.74) is 5.65. The smallest absolute Gasteiger partial charge is 0.475 e. The second kappa shape index (κ2) is 11.2. The van der Waals surface area contributed by atoms with Crippen LogP contribution in [-0.2, 0) is 21.2 Å². The first-order valence-electron chi connectivity index (χ1n) is 9.59. The number of halogens is 5. The van der Waals surface area contributed by atoms with Gasteiger partial charge < -0.3 is 10.8 Å². The number of hydrogen-bond acceptors (Lipinski definition) is 7. The van der Waals surface area contributed by atoms with Crippen molar-refractivity contribution in [1.82, 2.24) is 19.3 Å². The zero-order chi connectivity index (χ0) is 27.3. The summed E-state index contributed by atoms with van der Waals surface area (Å²) in [6, 6.07) is 9.57. The number of sulfone groups is 1. The highest BCUT2D eigenvalue weighted by Gasteiger charge is 2.38. The summed E-state index contributed by atoms with van der Waals surface area (Å²) >= 11 is 0. The Balaban J connectivity index is 0.000000572. The van der Waals surface area contributed by atoms with Gasteiger partial charge in [-0.25, -0.2) is 32.2 Å². The molecule has 2 aromatic heterocycles. The third-order valence-electron chi connectivity index (χ3n) is 4.44. The summed E-state index contributed by atoms with van der Waals surface area (Å²) in [4.78, 5) is 25.7. The van der Waals surface area contributed by atoms with E-state index in [-0.39, 0.29) is 16.3 Å². The van der Waals surface area contributed by atoms with Crippen molar-refractivity contribution in [3.63, 3.8) is 0 Å². The number of rotatable bonds is 6. The van der Waals surface area contributed by atoms with Crippen LogP contribution in [0.4, 0.5) is 22.0 Å². The van der Waals surface area contributed by atoms with Crippen molar-refractivity contribution in [3.05, 3.63) is 71.1 Å². The molecule has 0 fully saturated rings. The highest BCUT2D eigenvalue weighted by Crippen LogP contribution is 2.22. The van der Waals surface area contributed by atoms with Crippen molar-refractivity contribution in [1.29, 1.82) is 0 Å². The van der Waals surface area contributed by atoms with Gasteiger partial charge in [0.15, 0.2) is 9.84 Å². The van der Waals surface area contributed by atoms with Crippen molar-refractivity contribution >= 4 is 15.8 Å². The van der Waals surface area contributed by atoms with Gasteiger partial charge in [-0.05, 0) is 35.4 Å². The maximum absolute atomic E-state index is 12.8. The van der Waals surface area contributed by atoms with E-state index in [1.165, 1.54) is 24.7 Å². The number of carboxylic acid groups (broad SMARTS) is 1. The number of aliphatic carboxylic acids is 1. The molecule has 2 heterocycles. The van der Waals surface area contributed by atoms with Crippen LogP contribution in [0.2, 0.25) is 0 Å². The quantitative estimate of drug-likeness (QED) is 0.457. The highest BCUT2D eigenvalue weighted by molar-refractivity contribution is 7.90. The van der Waals surface area contributed by atoms with E-state index in [0.717, 1.165) is 15.5 Å². The minimum atomic E-state index is -5.08. The van der Waals surface area contributed by atoms with Crippen LogP contribution in [0.1, 0.15) is 0 Å². The number of hydrogen-bond donors (Lipinski definition) is 2.